The van der Waals surface area contributed by atoms with Crippen molar-refractivity contribution in [3.05, 3.63) is 47.6 Å². The molecule has 0 aliphatic heterocycles. The maximum Gasteiger partial charge on any atom is 0.490 e. The molecule has 0 atom stereocenters. The molecule has 0 aliphatic rings. The lowest BCUT2D eigenvalue weighted by molar-refractivity contribution is -0.192. The number of aryl methyl sites for hydroxylation is 1. The molecular weight excluding hydrogens is 423 g/mol. The number of hydrogen-bond donors (Lipinski definition) is 3. The van der Waals surface area contributed by atoms with Crippen molar-refractivity contribution in [1.29, 1.82) is 0 Å². The molecule has 4 rings (SSSR count). The molecule has 0 unspecified atom stereocenters. The van der Waals surface area contributed by atoms with Crippen LogP contribution in [0.2, 0.25) is 5.02 Å². The number of aromatic nitrogens is 3. The van der Waals surface area contributed by atoms with E-state index in [0.29, 0.717) is 10.8 Å². The Morgan fingerprint density at radius 3 is 2.30 bits per heavy atom. The maximum atomic E-state index is 10.6. The summed E-state index contributed by atoms with van der Waals surface area (Å²) in [6, 6.07) is 11.7. The summed E-state index contributed by atoms with van der Waals surface area (Å²) >= 11 is 6.01. The van der Waals surface area contributed by atoms with Crippen LogP contribution in [-0.2, 0) is 11.8 Å². The monoisotopic (exact) mass is 437 g/mol. The third-order valence-corrected chi connectivity index (χ3v) is 4.51. The highest BCUT2D eigenvalue weighted by Crippen LogP contribution is 2.37. The average molecular weight is 438 g/mol. The summed E-state index contributed by atoms with van der Waals surface area (Å²) < 4.78 is 33.8. The standard InChI is InChI=1S/C17H14ClN5.C2HF3O2/c1-23-7-6-11-14-13(21-17(20)22-16(14)19)8-12(15(11)23)9-2-4-10(18)5-3-9;3-2(4,5)1(6)7/h2-8H,1H3,(H4,19,20,21,22);(H,6,7). The van der Waals surface area contributed by atoms with E-state index in [0.717, 1.165) is 32.9 Å². The number of nitrogens with zero attached hydrogens (tertiary/aromatic N) is 3. The van der Waals surface area contributed by atoms with E-state index in [9.17, 15) is 13.2 Å². The topological polar surface area (TPSA) is 120 Å². The number of carbonyl (C=O) groups is 1. The molecule has 30 heavy (non-hydrogen) atoms. The van der Waals surface area contributed by atoms with Crippen molar-refractivity contribution < 1.29 is 23.1 Å². The molecule has 2 heterocycles. The van der Waals surface area contributed by atoms with E-state index in [-0.39, 0.29) is 5.95 Å². The van der Waals surface area contributed by atoms with Gasteiger partial charge in [-0.15, -0.1) is 0 Å². The molecular formula is C19H15ClF3N5O2. The molecule has 0 spiro atoms. The molecule has 0 fully saturated rings. The maximum absolute atomic E-state index is 10.6. The molecule has 4 aromatic rings. The van der Waals surface area contributed by atoms with Gasteiger partial charge in [-0.1, -0.05) is 23.7 Å². The lowest BCUT2D eigenvalue weighted by atomic mass is 10.00. The van der Waals surface area contributed by atoms with Crippen LogP contribution in [0.4, 0.5) is 24.9 Å². The third-order valence-electron chi connectivity index (χ3n) is 4.26. The summed E-state index contributed by atoms with van der Waals surface area (Å²) in [5.74, 6) is -2.19. The number of nitrogens with two attached hydrogens (primary N) is 2. The van der Waals surface area contributed by atoms with Gasteiger partial charge in [0.1, 0.15) is 5.82 Å². The number of anilines is 2. The number of nitrogen functional groups attached to an aromatic ring is 2. The molecule has 0 amide bonds. The highest BCUT2D eigenvalue weighted by atomic mass is 35.5. The van der Waals surface area contributed by atoms with Crippen LogP contribution >= 0.6 is 11.6 Å². The summed E-state index contributed by atoms with van der Waals surface area (Å²) in [4.78, 5) is 17.3. The quantitative estimate of drug-likeness (QED) is 0.409. The highest BCUT2D eigenvalue weighted by Gasteiger charge is 2.38. The van der Waals surface area contributed by atoms with Crippen LogP contribution in [0, 0.1) is 0 Å². The van der Waals surface area contributed by atoms with Crippen LogP contribution in [0.25, 0.3) is 32.9 Å². The summed E-state index contributed by atoms with van der Waals surface area (Å²) in [6.07, 6.45) is -3.08. The second-order valence-corrected chi connectivity index (χ2v) is 6.72. The number of halogens is 4. The zero-order chi connectivity index (χ0) is 22.2. The second-order valence-electron chi connectivity index (χ2n) is 6.28. The van der Waals surface area contributed by atoms with Crippen molar-refractivity contribution in [1.82, 2.24) is 14.5 Å². The van der Waals surface area contributed by atoms with Crippen molar-refractivity contribution in [2.75, 3.05) is 11.5 Å². The van der Waals surface area contributed by atoms with Crippen molar-refractivity contribution in [2.45, 2.75) is 6.18 Å². The van der Waals surface area contributed by atoms with Crippen molar-refractivity contribution in [3.8, 4) is 11.1 Å². The highest BCUT2D eigenvalue weighted by molar-refractivity contribution is 6.30. The third kappa shape index (κ3) is 4.08. The minimum atomic E-state index is -5.08. The lowest BCUT2D eigenvalue weighted by Gasteiger charge is -2.11. The molecule has 156 valence electrons. The van der Waals surface area contributed by atoms with Gasteiger partial charge in [-0.05, 0) is 29.8 Å². The molecule has 5 N–H and O–H groups in total. The molecule has 7 nitrogen and oxygen atoms in total. The van der Waals surface area contributed by atoms with E-state index in [1.165, 1.54) is 0 Å². The van der Waals surface area contributed by atoms with E-state index in [4.69, 9.17) is 33.0 Å². The number of fused-ring (bicyclic) bond motifs is 3. The summed E-state index contributed by atoms with van der Waals surface area (Å²) in [5.41, 5.74) is 15.7. The molecule has 2 aromatic carbocycles. The number of hydrogen-bond acceptors (Lipinski definition) is 5. The van der Waals surface area contributed by atoms with E-state index in [2.05, 4.69) is 14.5 Å². The molecule has 0 radical (unpaired) electrons. The number of benzene rings is 2. The minimum absolute atomic E-state index is 0.173. The Kier molecular flexibility index (Phi) is 5.45. The first-order valence-corrected chi connectivity index (χ1v) is 8.73. The molecule has 0 aliphatic carbocycles. The largest absolute Gasteiger partial charge is 0.490 e. The zero-order valence-corrected chi connectivity index (χ0v) is 16.2. The Hall–Kier alpha value is -3.53. The first-order chi connectivity index (χ1) is 14.0. The Labute approximate surface area is 172 Å². The fourth-order valence-electron chi connectivity index (χ4n) is 3.02. The summed E-state index contributed by atoms with van der Waals surface area (Å²) in [6.45, 7) is 0. The van der Waals surface area contributed by atoms with Gasteiger partial charge >= 0.3 is 12.1 Å². The number of carboxylic acids is 1. The smallest absolute Gasteiger partial charge is 0.475 e. The Morgan fingerprint density at radius 1 is 1.13 bits per heavy atom. The van der Waals surface area contributed by atoms with Crippen LogP contribution in [-0.4, -0.2) is 31.8 Å². The Morgan fingerprint density at radius 2 is 1.73 bits per heavy atom. The van der Waals surface area contributed by atoms with Crippen molar-refractivity contribution >= 4 is 51.1 Å². The van der Waals surface area contributed by atoms with Crippen LogP contribution < -0.4 is 11.5 Å². The first kappa shape index (κ1) is 21.2. The van der Waals surface area contributed by atoms with Crippen LogP contribution in [0.15, 0.2) is 42.6 Å². The van der Waals surface area contributed by atoms with Gasteiger partial charge in [0.25, 0.3) is 0 Å². The van der Waals surface area contributed by atoms with Gasteiger partial charge < -0.3 is 21.1 Å². The minimum Gasteiger partial charge on any atom is -0.475 e. The van der Waals surface area contributed by atoms with Crippen LogP contribution in [0.5, 0.6) is 0 Å². The lowest BCUT2D eigenvalue weighted by Crippen LogP contribution is -2.21. The van der Waals surface area contributed by atoms with E-state index in [1.807, 2.05) is 49.6 Å². The molecule has 11 heteroatoms. The van der Waals surface area contributed by atoms with E-state index >= 15 is 0 Å². The second kappa shape index (κ2) is 7.71. The van der Waals surface area contributed by atoms with Gasteiger partial charge in [0, 0.05) is 29.2 Å². The van der Waals surface area contributed by atoms with Gasteiger partial charge in [-0.2, -0.15) is 18.2 Å². The summed E-state index contributed by atoms with van der Waals surface area (Å²) in [5, 5.41) is 9.66. The normalized spacial score (nSPS) is 11.4. The van der Waals surface area contributed by atoms with Gasteiger partial charge in [0.05, 0.1) is 16.4 Å². The van der Waals surface area contributed by atoms with Gasteiger partial charge in [0.2, 0.25) is 5.95 Å². The first-order valence-electron chi connectivity index (χ1n) is 8.36. The molecule has 2 aromatic heterocycles. The number of carboxylic acid groups (broad SMARTS) is 1. The Balaban J connectivity index is 0.000000318. The number of alkyl halides is 3. The SMILES string of the molecule is Cn1ccc2c3c(N)nc(N)nc3cc(-c3ccc(Cl)cc3)c21.O=C(O)C(F)(F)F. The Bertz CT molecular complexity index is 1250. The van der Waals surface area contributed by atoms with Crippen molar-refractivity contribution in [3.63, 3.8) is 0 Å². The fourth-order valence-corrected chi connectivity index (χ4v) is 3.14. The van der Waals surface area contributed by atoms with E-state index in [1.54, 1.807) is 0 Å². The predicted octanol–water partition coefficient (Wildman–Crippen LogP) is 4.24. The molecule has 0 saturated heterocycles. The van der Waals surface area contributed by atoms with Gasteiger partial charge in [0.15, 0.2) is 0 Å². The van der Waals surface area contributed by atoms with Gasteiger partial charge in [-0.25, -0.2) is 9.78 Å². The number of aliphatic carboxylic acids is 1. The van der Waals surface area contributed by atoms with Crippen LogP contribution in [0.3, 0.4) is 0 Å². The predicted molar refractivity (Wildman–Crippen MR) is 109 cm³/mol. The average Bonchev–Trinajstić information content (AvgIpc) is 3.02. The summed E-state index contributed by atoms with van der Waals surface area (Å²) in [7, 11) is 2.00. The van der Waals surface area contributed by atoms with E-state index < -0.39 is 12.1 Å². The fraction of sp³-hybridized carbons (Fsp3) is 0.105. The van der Waals surface area contributed by atoms with Crippen molar-refractivity contribution in [2.24, 2.45) is 7.05 Å². The molecule has 0 saturated carbocycles. The van der Waals surface area contributed by atoms with Crippen LogP contribution in [0.1, 0.15) is 0 Å². The zero-order valence-electron chi connectivity index (χ0n) is 15.4. The molecule has 0 bridgehead atoms. The van der Waals surface area contributed by atoms with Gasteiger partial charge in [-0.3, -0.25) is 0 Å². The number of rotatable bonds is 1.